The van der Waals surface area contributed by atoms with Crippen LogP contribution in [0.5, 0.6) is 0 Å². The van der Waals surface area contributed by atoms with E-state index in [0.29, 0.717) is 35.5 Å². The van der Waals surface area contributed by atoms with Crippen molar-refractivity contribution in [1.82, 2.24) is 10.2 Å². The maximum absolute atomic E-state index is 12.3. The molecule has 3 fully saturated rings. The van der Waals surface area contributed by atoms with Gasteiger partial charge in [0.15, 0.2) is 0 Å². The molecule has 3 aliphatic rings. The van der Waals surface area contributed by atoms with Crippen molar-refractivity contribution in [3.8, 4) is 0 Å². The molecule has 1 aromatic rings. The molecule has 2 saturated heterocycles. The Hall–Kier alpha value is -1.26. The Morgan fingerprint density at radius 1 is 1.28 bits per heavy atom. The fourth-order valence-electron chi connectivity index (χ4n) is 5.18. The third-order valence-corrected chi connectivity index (χ3v) is 6.74. The van der Waals surface area contributed by atoms with Gasteiger partial charge in [0, 0.05) is 29.6 Å². The van der Waals surface area contributed by atoms with Crippen molar-refractivity contribution in [3.63, 3.8) is 0 Å². The molecule has 0 aromatic heterocycles. The average molecular weight is 363 g/mol. The first kappa shape index (κ1) is 17.2. The maximum Gasteiger partial charge on any atom is 0.407 e. The second-order valence-electron chi connectivity index (χ2n) is 7.86. The van der Waals surface area contributed by atoms with Crippen molar-refractivity contribution in [2.24, 2.45) is 11.8 Å². The van der Waals surface area contributed by atoms with Crippen LogP contribution in [0, 0.1) is 11.8 Å². The van der Waals surface area contributed by atoms with Crippen molar-refractivity contribution < 1.29 is 9.53 Å². The van der Waals surface area contributed by atoms with Crippen molar-refractivity contribution in [3.05, 3.63) is 34.9 Å². The Balaban J connectivity index is 1.34. The van der Waals surface area contributed by atoms with Gasteiger partial charge in [-0.25, -0.2) is 4.79 Å². The number of halogens is 1. The van der Waals surface area contributed by atoms with E-state index in [1.165, 1.54) is 32.2 Å². The lowest BCUT2D eigenvalue weighted by Gasteiger charge is -2.47. The van der Waals surface area contributed by atoms with E-state index in [0.717, 1.165) is 12.0 Å². The summed E-state index contributed by atoms with van der Waals surface area (Å²) in [5.41, 5.74) is 1.03. The number of benzene rings is 1. The van der Waals surface area contributed by atoms with Gasteiger partial charge in [-0.2, -0.15) is 0 Å². The average Bonchev–Trinajstić information content (AvgIpc) is 3.00. The largest absolute Gasteiger partial charge is 0.446 e. The molecule has 1 N–H and O–H groups in total. The maximum atomic E-state index is 12.3. The minimum Gasteiger partial charge on any atom is -0.446 e. The smallest absolute Gasteiger partial charge is 0.407 e. The number of hydrogen-bond acceptors (Lipinski definition) is 3. The lowest BCUT2D eigenvalue weighted by atomic mass is 9.81. The van der Waals surface area contributed by atoms with E-state index in [-0.39, 0.29) is 12.2 Å². The standard InChI is InChI=1S/C20H27ClN2O2/c1-13-15-10-17(18-4-2-3-9-23(13)18)19(11-15)25-20(24)22-12-14-5-7-16(21)8-6-14/h5-8,13,15,17-19H,2-4,9-12H2,1H3,(H,22,24)/t13-,15+,17+,18+,19+/m0/s1. The number of carbonyl (C=O) groups excluding carboxylic acids is 1. The van der Waals surface area contributed by atoms with E-state index in [9.17, 15) is 4.79 Å². The summed E-state index contributed by atoms with van der Waals surface area (Å²) < 4.78 is 5.87. The lowest BCUT2D eigenvalue weighted by Crippen LogP contribution is -2.54. The number of nitrogens with one attached hydrogen (secondary N) is 1. The molecule has 2 bridgehead atoms. The SMILES string of the molecule is C[C@H]1[C@@H]2C[C@H]([C@H]3CCCCN31)[C@H](OC(=O)NCc1ccc(Cl)cc1)C2. The van der Waals surface area contributed by atoms with E-state index < -0.39 is 0 Å². The van der Waals surface area contributed by atoms with Crippen molar-refractivity contribution >= 4 is 17.7 Å². The van der Waals surface area contributed by atoms with Crippen LogP contribution in [-0.4, -0.2) is 35.7 Å². The Morgan fingerprint density at radius 3 is 2.88 bits per heavy atom. The van der Waals surface area contributed by atoms with Gasteiger partial charge in [-0.15, -0.1) is 0 Å². The van der Waals surface area contributed by atoms with Gasteiger partial charge in [-0.1, -0.05) is 30.2 Å². The van der Waals surface area contributed by atoms with Gasteiger partial charge in [0.25, 0.3) is 0 Å². The molecule has 4 nitrogen and oxygen atoms in total. The molecule has 1 saturated carbocycles. The summed E-state index contributed by atoms with van der Waals surface area (Å²) in [4.78, 5) is 15.0. The van der Waals surface area contributed by atoms with E-state index >= 15 is 0 Å². The van der Waals surface area contributed by atoms with Crippen LogP contribution in [0.25, 0.3) is 0 Å². The van der Waals surface area contributed by atoms with Gasteiger partial charge in [0.1, 0.15) is 6.10 Å². The fraction of sp³-hybridized carbons (Fsp3) is 0.650. The molecule has 2 aliphatic heterocycles. The summed E-state index contributed by atoms with van der Waals surface area (Å²) in [6.07, 6.45) is 5.91. The van der Waals surface area contributed by atoms with Crippen LogP contribution in [-0.2, 0) is 11.3 Å². The molecule has 25 heavy (non-hydrogen) atoms. The van der Waals surface area contributed by atoms with Gasteiger partial charge in [0.2, 0.25) is 0 Å². The fourth-order valence-corrected chi connectivity index (χ4v) is 5.30. The highest BCUT2D eigenvalue weighted by atomic mass is 35.5. The zero-order valence-corrected chi connectivity index (χ0v) is 15.5. The molecule has 2 heterocycles. The third-order valence-electron chi connectivity index (χ3n) is 6.49. The number of carbonyl (C=O) groups is 1. The van der Waals surface area contributed by atoms with Crippen LogP contribution in [0.3, 0.4) is 0 Å². The minimum absolute atomic E-state index is 0.0748. The predicted octanol–water partition coefficient (Wildman–Crippen LogP) is 4.22. The number of amides is 1. The quantitative estimate of drug-likeness (QED) is 0.875. The lowest BCUT2D eigenvalue weighted by molar-refractivity contribution is -0.0105. The van der Waals surface area contributed by atoms with E-state index in [1.54, 1.807) is 0 Å². The van der Waals surface area contributed by atoms with E-state index in [1.807, 2.05) is 24.3 Å². The number of ether oxygens (including phenoxy) is 1. The second-order valence-corrected chi connectivity index (χ2v) is 8.30. The molecular formula is C20H27ClN2O2. The zero-order valence-electron chi connectivity index (χ0n) is 14.8. The number of piperidine rings is 2. The van der Waals surface area contributed by atoms with Gasteiger partial charge in [0.05, 0.1) is 0 Å². The second kappa shape index (κ2) is 7.16. The monoisotopic (exact) mass is 362 g/mol. The molecular weight excluding hydrogens is 336 g/mol. The summed E-state index contributed by atoms with van der Waals surface area (Å²) in [7, 11) is 0. The Bertz CT molecular complexity index is 621. The Kier molecular flexibility index (Phi) is 4.92. The molecule has 1 amide bonds. The Labute approximate surface area is 154 Å². The number of nitrogens with zero attached hydrogens (tertiary/aromatic N) is 1. The summed E-state index contributed by atoms with van der Waals surface area (Å²) in [5, 5.41) is 3.59. The molecule has 4 rings (SSSR count). The van der Waals surface area contributed by atoms with Crippen LogP contribution in [0.4, 0.5) is 4.79 Å². The predicted molar refractivity (Wildman–Crippen MR) is 98.6 cm³/mol. The van der Waals surface area contributed by atoms with Gasteiger partial charge in [-0.05, 0) is 62.8 Å². The molecule has 5 heteroatoms. The molecule has 0 unspecified atom stereocenters. The van der Waals surface area contributed by atoms with Gasteiger partial charge >= 0.3 is 6.09 Å². The summed E-state index contributed by atoms with van der Waals surface area (Å²) >= 11 is 5.89. The van der Waals surface area contributed by atoms with Crippen LogP contribution in [0.15, 0.2) is 24.3 Å². The molecule has 1 aromatic carbocycles. The summed E-state index contributed by atoms with van der Waals surface area (Å²) in [6.45, 7) is 4.05. The Morgan fingerprint density at radius 2 is 2.08 bits per heavy atom. The first-order chi connectivity index (χ1) is 12.1. The zero-order chi connectivity index (χ0) is 17.4. The summed E-state index contributed by atoms with van der Waals surface area (Å²) in [6, 6.07) is 8.76. The highest BCUT2D eigenvalue weighted by Crippen LogP contribution is 2.47. The first-order valence-electron chi connectivity index (χ1n) is 9.56. The van der Waals surface area contributed by atoms with Crippen LogP contribution in [0.2, 0.25) is 5.02 Å². The van der Waals surface area contributed by atoms with Gasteiger partial charge in [-0.3, -0.25) is 4.90 Å². The molecule has 136 valence electrons. The number of rotatable bonds is 3. The highest BCUT2D eigenvalue weighted by Gasteiger charge is 2.51. The normalized spacial score (nSPS) is 34.4. The topological polar surface area (TPSA) is 41.6 Å². The molecule has 5 atom stereocenters. The van der Waals surface area contributed by atoms with Crippen molar-refractivity contribution in [2.45, 2.75) is 63.8 Å². The minimum atomic E-state index is -0.289. The number of hydrogen-bond donors (Lipinski definition) is 1. The molecule has 0 radical (unpaired) electrons. The van der Waals surface area contributed by atoms with Gasteiger partial charge < -0.3 is 10.1 Å². The van der Waals surface area contributed by atoms with E-state index in [4.69, 9.17) is 16.3 Å². The molecule has 0 spiro atoms. The number of fused-ring (bicyclic) bond motifs is 4. The first-order valence-corrected chi connectivity index (χ1v) is 9.94. The van der Waals surface area contributed by atoms with Crippen LogP contribution in [0.1, 0.15) is 44.6 Å². The van der Waals surface area contributed by atoms with Crippen molar-refractivity contribution in [2.75, 3.05) is 6.54 Å². The van der Waals surface area contributed by atoms with E-state index in [2.05, 4.69) is 17.1 Å². The van der Waals surface area contributed by atoms with Crippen molar-refractivity contribution in [1.29, 1.82) is 0 Å². The van der Waals surface area contributed by atoms with Crippen LogP contribution >= 0.6 is 11.6 Å². The van der Waals surface area contributed by atoms with Crippen LogP contribution < -0.4 is 5.32 Å². The highest BCUT2D eigenvalue weighted by molar-refractivity contribution is 6.30. The molecule has 1 aliphatic carbocycles. The summed E-state index contributed by atoms with van der Waals surface area (Å²) in [5.74, 6) is 1.19. The number of alkyl carbamates (subject to hydrolysis) is 1. The third kappa shape index (κ3) is 3.52.